The van der Waals surface area contributed by atoms with Gasteiger partial charge in [0, 0.05) is 29.8 Å². The molecule has 1 heterocycles. The third-order valence-electron chi connectivity index (χ3n) is 3.76. The molecular formula is C19H19FN4O. The molecule has 0 radical (unpaired) electrons. The standard InChI is InChI=1S/C19H19FN4O/c1-12-3-9-18(22-12)19(25)24-15-8-10-17(16(20)11-15)23-14-6-4-13(21-2)5-7-14/h3-11,21-23H,1-2H3,(H,24,25). The summed E-state index contributed by atoms with van der Waals surface area (Å²) in [5, 5.41) is 8.72. The highest BCUT2D eigenvalue weighted by Gasteiger charge is 2.10. The maximum atomic E-state index is 14.3. The van der Waals surface area contributed by atoms with E-state index in [2.05, 4.69) is 20.9 Å². The van der Waals surface area contributed by atoms with E-state index in [1.165, 1.54) is 6.07 Å². The minimum absolute atomic E-state index is 0.309. The van der Waals surface area contributed by atoms with Gasteiger partial charge in [-0.3, -0.25) is 4.79 Å². The second-order valence-corrected chi connectivity index (χ2v) is 5.66. The van der Waals surface area contributed by atoms with Crippen LogP contribution in [0.25, 0.3) is 0 Å². The number of nitrogens with one attached hydrogen (secondary N) is 4. The first-order valence-corrected chi connectivity index (χ1v) is 7.86. The lowest BCUT2D eigenvalue weighted by Crippen LogP contribution is -2.12. The van der Waals surface area contributed by atoms with Crippen LogP contribution in [0, 0.1) is 12.7 Å². The zero-order valence-corrected chi connectivity index (χ0v) is 14.0. The number of hydrogen-bond donors (Lipinski definition) is 4. The number of aryl methyl sites for hydroxylation is 1. The molecule has 6 heteroatoms. The van der Waals surface area contributed by atoms with Crippen molar-refractivity contribution < 1.29 is 9.18 Å². The molecule has 0 aliphatic heterocycles. The van der Waals surface area contributed by atoms with Crippen molar-refractivity contribution >= 4 is 28.7 Å². The van der Waals surface area contributed by atoms with Crippen LogP contribution in [0.5, 0.6) is 0 Å². The van der Waals surface area contributed by atoms with Crippen molar-refractivity contribution in [3.05, 3.63) is 71.8 Å². The Morgan fingerprint density at radius 2 is 1.64 bits per heavy atom. The molecule has 0 unspecified atom stereocenters. The van der Waals surface area contributed by atoms with Gasteiger partial charge in [-0.15, -0.1) is 0 Å². The quantitative estimate of drug-likeness (QED) is 0.554. The van der Waals surface area contributed by atoms with Gasteiger partial charge >= 0.3 is 0 Å². The van der Waals surface area contributed by atoms with Crippen molar-refractivity contribution in [3.8, 4) is 0 Å². The zero-order valence-electron chi connectivity index (χ0n) is 14.0. The molecule has 1 amide bonds. The number of aromatic nitrogens is 1. The van der Waals surface area contributed by atoms with Crippen LogP contribution >= 0.6 is 0 Å². The molecule has 0 atom stereocenters. The lowest BCUT2D eigenvalue weighted by Gasteiger charge is -2.10. The van der Waals surface area contributed by atoms with Crippen molar-refractivity contribution in [2.45, 2.75) is 6.92 Å². The highest BCUT2D eigenvalue weighted by atomic mass is 19.1. The van der Waals surface area contributed by atoms with Gasteiger partial charge in [-0.05, 0) is 61.5 Å². The molecule has 0 saturated heterocycles. The summed E-state index contributed by atoms with van der Waals surface area (Å²) in [6.07, 6.45) is 0. The van der Waals surface area contributed by atoms with Crippen LogP contribution in [-0.2, 0) is 0 Å². The lowest BCUT2D eigenvalue weighted by molar-refractivity contribution is 0.102. The minimum Gasteiger partial charge on any atom is -0.388 e. The van der Waals surface area contributed by atoms with Gasteiger partial charge in [-0.25, -0.2) is 4.39 Å². The van der Waals surface area contributed by atoms with Crippen molar-refractivity contribution in [1.82, 2.24) is 4.98 Å². The Labute approximate surface area is 145 Å². The SMILES string of the molecule is CNc1ccc(Nc2ccc(NC(=O)c3ccc(C)[nH]3)cc2F)cc1. The Hall–Kier alpha value is -3.28. The number of halogens is 1. The van der Waals surface area contributed by atoms with Gasteiger partial charge in [0.2, 0.25) is 0 Å². The molecule has 0 aliphatic rings. The Kier molecular flexibility index (Phi) is 4.70. The molecule has 2 aromatic carbocycles. The van der Waals surface area contributed by atoms with E-state index in [1.54, 1.807) is 18.2 Å². The van der Waals surface area contributed by atoms with E-state index in [9.17, 15) is 9.18 Å². The third kappa shape index (κ3) is 3.98. The van der Waals surface area contributed by atoms with Crippen LogP contribution in [0.3, 0.4) is 0 Å². The average molecular weight is 338 g/mol. The largest absolute Gasteiger partial charge is 0.388 e. The van der Waals surface area contributed by atoms with Gasteiger partial charge < -0.3 is 20.9 Å². The zero-order chi connectivity index (χ0) is 17.8. The number of aromatic amines is 1. The van der Waals surface area contributed by atoms with Gasteiger partial charge in [0.1, 0.15) is 11.5 Å². The summed E-state index contributed by atoms with van der Waals surface area (Å²) in [5.41, 5.74) is 3.81. The number of amides is 1. The first-order chi connectivity index (χ1) is 12.0. The molecule has 1 aromatic heterocycles. The number of carbonyl (C=O) groups excluding carboxylic acids is 1. The van der Waals surface area contributed by atoms with Crippen LogP contribution in [0.1, 0.15) is 16.2 Å². The Bertz CT molecular complexity index is 887. The third-order valence-corrected chi connectivity index (χ3v) is 3.76. The lowest BCUT2D eigenvalue weighted by atomic mass is 10.2. The summed E-state index contributed by atoms with van der Waals surface area (Å²) in [7, 11) is 1.84. The minimum atomic E-state index is -0.446. The monoisotopic (exact) mass is 338 g/mol. The molecule has 5 nitrogen and oxygen atoms in total. The average Bonchev–Trinajstić information content (AvgIpc) is 3.04. The van der Waals surface area contributed by atoms with E-state index in [0.717, 1.165) is 17.1 Å². The molecule has 0 bridgehead atoms. The first kappa shape index (κ1) is 16.6. The topological polar surface area (TPSA) is 68.9 Å². The fourth-order valence-corrected chi connectivity index (χ4v) is 2.40. The Morgan fingerprint density at radius 3 is 2.24 bits per heavy atom. The molecule has 0 saturated carbocycles. The molecule has 3 aromatic rings. The van der Waals surface area contributed by atoms with Crippen LogP contribution in [-0.4, -0.2) is 17.9 Å². The summed E-state index contributed by atoms with van der Waals surface area (Å²) in [6.45, 7) is 1.86. The van der Waals surface area contributed by atoms with Gasteiger partial charge in [0.15, 0.2) is 0 Å². The molecule has 4 N–H and O–H groups in total. The van der Waals surface area contributed by atoms with Gasteiger partial charge in [-0.1, -0.05) is 0 Å². The van der Waals surface area contributed by atoms with Gasteiger partial charge in [-0.2, -0.15) is 0 Å². The summed E-state index contributed by atoms with van der Waals surface area (Å²) in [5.74, 6) is -0.756. The predicted molar refractivity (Wildman–Crippen MR) is 99.2 cm³/mol. The van der Waals surface area contributed by atoms with E-state index < -0.39 is 5.82 Å². The number of anilines is 4. The second-order valence-electron chi connectivity index (χ2n) is 5.66. The number of carbonyl (C=O) groups is 1. The molecular weight excluding hydrogens is 319 g/mol. The maximum absolute atomic E-state index is 14.3. The summed E-state index contributed by atoms with van der Waals surface area (Å²) < 4.78 is 14.3. The first-order valence-electron chi connectivity index (χ1n) is 7.86. The maximum Gasteiger partial charge on any atom is 0.272 e. The number of hydrogen-bond acceptors (Lipinski definition) is 3. The molecule has 0 spiro atoms. The van der Waals surface area contributed by atoms with E-state index in [4.69, 9.17) is 0 Å². The van der Waals surface area contributed by atoms with Crippen molar-refractivity contribution in [2.75, 3.05) is 23.0 Å². The van der Waals surface area contributed by atoms with Crippen LogP contribution in [0.15, 0.2) is 54.6 Å². The van der Waals surface area contributed by atoms with Gasteiger partial charge in [0.25, 0.3) is 5.91 Å². The van der Waals surface area contributed by atoms with Crippen molar-refractivity contribution in [3.63, 3.8) is 0 Å². The normalized spacial score (nSPS) is 10.4. The molecule has 3 rings (SSSR count). The number of H-pyrrole nitrogens is 1. The van der Waals surface area contributed by atoms with Gasteiger partial charge in [0.05, 0.1) is 5.69 Å². The van der Waals surface area contributed by atoms with Crippen molar-refractivity contribution in [2.24, 2.45) is 0 Å². The van der Waals surface area contributed by atoms with E-state index in [1.807, 2.05) is 44.3 Å². The number of rotatable bonds is 5. The molecule has 0 fully saturated rings. The fourth-order valence-electron chi connectivity index (χ4n) is 2.40. The molecule has 25 heavy (non-hydrogen) atoms. The van der Waals surface area contributed by atoms with Crippen molar-refractivity contribution in [1.29, 1.82) is 0 Å². The molecule has 128 valence electrons. The van der Waals surface area contributed by atoms with Crippen LogP contribution in [0.4, 0.5) is 27.1 Å². The molecule has 0 aliphatic carbocycles. The predicted octanol–water partition coefficient (Wildman–Crippen LogP) is 4.50. The summed E-state index contributed by atoms with van der Waals surface area (Å²) in [4.78, 5) is 15.0. The van der Waals surface area contributed by atoms with Crippen LogP contribution in [0.2, 0.25) is 0 Å². The number of benzene rings is 2. The Balaban J connectivity index is 1.70. The highest BCUT2D eigenvalue weighted by molar-refractivity contribution is 6.03. The Morgan fingerprint density at radius 1 is 0.960 bits per heavy atom. The fraction of sp³-hybridized carbons (Fsp3) is 0.105. The summed E-state index contributed by atoms with van der Waals surface area (Å²) >= 11 is 0. The van der Waals surface area contributed by atoms with Crippen LogP contribution < -0.4 is 16.0 Å². The second kappa shape index (κ2) is 7.09. The van der Waals surface area contributed by atoms with E-state index in [0.29, 0.717) is 17.1 Å². The van der Waals surface area contributed by atoms with E-state index >= 15 is 0 Å². The summed E-state index contributed by atoms with van der Waals surface area (Å²) in [6, 6.07) is 15.5. The van der Waals surface area contributed by atoms with E-state index in [-0.39, 0.29) is 5.91 Å². The highest BCUT2D eigenvalue weighted by Crippen LogP contribution is 2.24. The smallest absolute Gasteiger partial charge is 0.272 e.